The molecule has 0 bridgehead atoms. The van der Waals surface area contributed by atoms with Crippen LogP contribution >= 0.6 is 0 Å². The predicted octanol–water partition coefficient (Wildman–Crippen LogP) is 3.07. The predicted molar refractivity (Wildman–Crippen MR) is 122 cm³/mol. The summed E-state index contributed by atoms with van der Waals surface area (Å²) in [7, 11) is 0. The molecule has 8 heteroatoms. The first-order valence-corrected chi connectivity index (χ1v) is 10.3. The molecule has 0 radical (unpaired) electrons. The number of carbonyl (C=O) groups is 1. The summed E-state index contributed by atoms with van der Waals surface area (Å²) in [4.78, 5) is 39.3. The second-order valence-corrected chi connectivity index (χ2v) is 7.47. The van der Waals surface area contributed by atoms with Gasteiger partial charge >= 0.3 is 5.69 Å². The van der Waals surface area contributed by atoms with E-state index in [4.69, 9.17) is 0 Å². The highest BCUT2D eigenvalue weighted by Gasteiger charge is 2.22. The summed E-state index contributed by atoms with van der Waals surface area (Å²) in [5.74, 6) is -1.29. The molecule has 4 rings (SSSR count). The number of rotatable bonds is 6. The van der Waals surface area contributed by atoms with Crippen LogP contribution in [-0.2, 0) is 6.54 Å². The Balaban J connectivity index is 1.81. The zero-order chi connectivity index (χ0) is 23.4. The van der Waals surface area contributed by atoms with Crippen LogP contribution in [0.4, 0.5) is 4.39 Å². The summed E-state index contributed by atoms with van der Waals surface area (Å²) in [6, 6.07) is 23.1. The van der Waals surface area contributed by atoms with Crippen LogP contribution < -0.4 is 16.6 Å². The minimum atomic E-state index is -0.895. The number of aromatic nitrogens is 3. The zero-order valence-corrected chi connectivity index (χ0v) is 17.8. The lowest BCUT2D eigenvalue weighted by Gasteiger charge is -2.16. The standard InChI is InChI=1S/C25H21FN4O3/c1-17(18-10-4-2-5-11-18)27-23(31)22-24(32)29(16-19-12-8-9-15-21(19)26)25(33)30(28-22)20-13-6-3-7-14-20/h2-15,17H,16H2,1H3,(H,27,31)/t17-/m0/s1. The lowest BCUT2D eigenvalue weighted by Crippen LogP contribution is -2.46. The molecule has 4 aromatic rings. The number of carbonyl (C=O) groups excluding carboxylic acids is 1. The van der Waals surface area contributed by atoms with Crippen molar-refractivity contribution in [2.75, 3.05) is 0 Å². The molecule has 33 heavy (non-hydrogen) atoms. The largest absolute Gasteiger partial charge is 0.352 e. The lowest BCUT2D eigenvalue weighted by atomic mass is 10.1. The third kappa shape index (κ3) is 4.64. The maximum absolute atomic E-state index is 14.3. The van der Waals surface area contributed by atoms with Crippen LogP contribution in [0.25, 0.3) is 5.69 Å². The summed E-state index contributed by atoms with van der Waals surface area (Å²) in [5.41, 5.74) is -0.775. The van der Waals surface area contributed by atoms with Crippen LogP contribution in [0.1, 0.15) is 34.6 Å². The fourth-order valence-corrected chi connectivity index (χ4v) is 3.42. The first-order valence-electron chi connectivity index (χ1n) is 10.3. The smallest absolute Gasteiger partial charge is 0.344 e. The van der Waals surface area contributed by atoms with Crippen LogP contribution in [0.2, 0.25) is 0 Å². The van der Waals surface area contributed by atoms with Crippen molar-refractivity contribution in [3.63, 3.8) is 0 Å². The van der Waals surface area contributed by atoms with Gasteiger partial charge in [0.2, 0.25) is 5.69 Å². The molecule has 166 valence electrons. The van der Waals surface area contributed by atoms with Crippen molar-refractivity contribution in [3.8, 4) is 5.69 Å². The van der Waals surface area contributed by atoms with Gasteiger partial charge in [0, 0.05) is 5.56 Å². The number of benzene rings is 3. The van der Waals surface area contributed by atoms with Crippen molar-refractivity contribution in [3.05, 3.63) is 128 Å². The number of para-hydroxylation sites is 1. The van der Waals surface area contributed by atoms with Gasteiger partial charge in [-0.15, -0.1) is 0 Å². The Hall–Kier alpha value is -4.33. The molecule has 0 aliphatic heterocycles. The Labute approximate surface area is 188 Å². The molecule has 0 unspecified atom stereocenters. The molecule has 1 atom stereocenters. The number of halogens is 1. The molecule has 0 saturated carbocycles. The molecule has 1 amide bonds. The number of nitrogens with one attached hydrogen (secondary N) is 1. The monoisotopic (exact) mass is 444 g/mol. The highest BCUT2D eigenvalue weighted by Crippen LogP contribution is 2.12. The molecule has 0 spiro atoms. The third-order valence-corrected chi connectivity index (χ3v) is 5.21. The van der Waals surface area contributed by atoms with Crippen molar-refractivity contribution >= 4 is 5.91 Å². The summed E-state index contributed by atoms with van der Waals surface area (Å²) >= 11 is 0. The van der Waals surface area contributed by atoms with Crippen LogP contribution in [0.15, 0.2) is 94.5 Å². The molecule has 7 nitrogen and oxygen atoms in total. The highest BCUT2D eigenvalue weighted by atomic mass is 19.1. The highest BCUT2D eigenvalue weighted by molar-refractivity contribution is 5.92. The molecule has 1 heterocycles. The Morgan fingerprint density at radius 2 is 1.55 bits per heavy atom. The van der Waals surface area contributed by atoms with Crippen LogP contribution in [0.3, 0.4) is 0 Å². The van der Waals surface area contributed by atoms with Crippen molar-refractivity contribution in [1.82, 2.24) is 19.7 Å². The van der Waals surface area contributed by atoms with E-state index in [2.05, 4.69) is 10.4 Å². The molecule has 0 aliphatic carbocycles. The summed E-state index contributed by atoms with van der Waals surface area (Å²) in [5, 5.41) is 6.83. The topological polar surface area (TPSA) is 86.0 Å². The van der Waals surface area contributed by atoms with E-state index in [0.717, 1.165) is 14.8 Å². The van der Waals surface area contributed by atoms with E-state index in [9.17, 15) is 18.8 Å². The van der Waals surface area contributed by atoms with Gasteiger partial charge in [-0.25, -0.2) is 9.18 Å². The molecule has 0 saturated heterocycles. The minimum Gasteiger partial charge on any atom is -0.344 e. The van der Waals surface area contributed by atoms with Gasteiger partial charge < -0.3 is 5.32 Å². The summed E-state index contributed by atoms with van der Waals surface area (Å²) in [6.07, 6.45) is 0. The molecule has 0 aliphatic rings. The number of hydrogen-bond acceptors (Lipinski definition) is 4. The average Bonchev–Trinajstić information content (AvgIpc) is 2.84. The molecular weight excluding hydrogens is 423 g/mol. The number of hydrogen-bond donors (Lipinski definition) is 1. The molecule has 1 N–H and O–H groups in total. The Kier molecular flexibility index (Phi) is 6.26. The second-order valence-electron chi connectivity index (χ2n) is 7.47. The van der Waals surface area contributed by atoms with Crippen LogP contribution in [-0.4, -0.2) is 20.3 Å². The van der Waals surface area contributed by atoms with Crippen molar-refractivity contribution in [1.29, 1.82) is 0 Å². The summed E-state index contributed by atoms with van der Waals surface area (Å²) < 4.78 is 16.1. The zero-order valence-electron chi connectivity index (χ0n) is 17.8. The maximum atomic E-state index is 14.3. The fraction of sp³-hybridized carbons (Fsp3) is 0.120. The van der Waals surface area contributed by atoms with Gasteiger partial charge in [-0.2, -0.15) is 9.78 Å². The Bertz CT molecular complexity index is 1400. The van der Waals surface area contributed by atoms with Gasteiger partial charge in [-0.3, -0.25) is 14.2 Å². The summed E-state index contributed by atoms with van der Waals surface area (Å²) in [6.45, 7) is 1.44. The Morgan fingerprint density at radius 3 is 2.21 bits per heavy atom. The lowest BCUT2D eigenvalue weighted by molar-refractivity contribution is 0.0930. The van der Waals surface area contributed by atoms with Gasteiger partial charge in [-0.05, 0) is 30.7 Å². The van der Waals surface area contributed by atoms with Gasteiger partial charge in [0.25, 0.3) is 11.5 Å². The van der Waals surface area contributed by atoms with E-state index >= 15 is 0 Å². The van der Waals surface area contributed by atoms with Gasteiger partial charge in [0.1, 0.15) is 5.82 Å². The van der Waals surface area contributed by atoms with E-state index in [1.807, 2.05) is 30.3 Å². The van der Waals surface area contributed by atoms with Gasteiger partial charge in [0.15, 0.2) is 0 Å². The normalized spacial score (nSPS) is 11.7. The SMILES string of the molecule is C[C@H](NC(=O)c1nn(-c2ccccc2)c(=O)n(Cc2ccccc2F)c1=O)c1ccccc1. The molecule has 0 fully saturated rings. The molecular formula is C25H21FN4O3. The second kappa shape index (κ2) is 9.44. The van der Waals surface area contributed by atoms with Crippen molar-refractivity contribution in [2.45, 2.75) is 19.5 Å². The van der Waals surface area contributed by atoms with E-state index in [1.54, 1.807) is 43.3 Å². The maximum Gasteiger partial charge on any atom is 0.352 e. The molecule has 3 aromatic carbocycles. The Morgan fingerprint density at radius 1 is 0.939 bits per heavy atom. The van der Waals surface area contributed by atoms with E-state index < -0.39 is 34.7 Å². The molecule has 1 aromatic heterocycles. The van der Waals surface area contributed by atoms with Crippen molar-refractivity contribution < 1.29 is 9.18 Å². The van der Waals surface area contributed by atoms with E-state index in [0.29, 0.717) is 5.69 Å². The number of amides is 1. The van der Waals surface area contributed by atoms with Gasteiger partial charge in [-0.1, -0.05) is 66.7 Å². The van der Waals surface area contributed by atoms with E-state index in [1.165, 1.54) is 18.2 Å². The van der Waals surface area contributed by atoms with Crippen molar-refractivity contribution in [2.24, 2.45) is 0 Å². The van der Waals surface area contributed by atoms with Crippen LogP contribution in [0.5, 0.6) is 0 Å². The fourth-order valence-electron chi connectivity index (χ4n) is 3.42. The average molecular weight is 444 g/mol. The minimum absolute atomic E-state index is 0.145. The van der Waals surface area contributed by atoms with Gasteiger partial charge in [0.05, 0.1) is 18.3 Å². The number of nitrogens with zero attached hydrogens (tertiary/aromatic N) is 3. The van der Waals surface area contributed by atoms with Crippen LogP contribution in [0, 0.1) is 5.82 Å². The first kappa shape index (κ1) is 21.9. The third-order valence-electron chi connectivity index (χ3n) is 5.21. The quantitative estimate of drug-likeness (QED) is 0.495. The van der Waals surface area contributed by atoms with E-state index in [-0.39, 0.29) is 12.1 Å². The first-order chi connectivity index (χ1) is 16.0.